The molecular weight excluding hydrogens is 292 g/mol. The Kier molecular flexibility index (Phi) is 4.30. The van der Waals surface area contributed by atoms with Gasteiger partial charge in [-0.3, -0.25) is 4.79 Å². The molecule has 0 aromatic heterocycles. The highest BCUT2D eigenvalue weighted by molar-refractivity contribution is 7.89. The lowest BCUT2D eigenvalue weighted by molar-refractivity contribution is -0.141. The highest BCUT2D eigenvalue weighted by atomic mass is 32.2. The van der Waals surface area contributed by atoms with Gasteiger partial charge < -0.3 is 5.11 Å². The monoisotopic (exact) mass is 308 g/mol. The maximum atomic E-state index is 12.4. The van der Waals surface area contributed by atoms with Crippen molar-refractivity contribution in [3.63, 3.8) is 0 Å². The third kappa shape index (κ3) is 3.23. The second-order valence-corrected chi connectivity index (χ2v) is 6.88. The largest absolute Gasteiger partial charge is 0.481 e. The lowest BCUT2D eigenvalue weighted by Gasteiger charge is -2.18. The van der Waals surface area contributed by atoms with E-state index >= 15 is 0 Å². The number of sulfonamides is 1. The smallest absolute Gasteiger partial charge is 0.308 e. The summed E-state index contributed by atoms with van der Waals surface area (Å²) in [5.74, 6) is -1.66. The van der Waals surface area contributed by atoms with Crippen molar-refractivity contribution in [3.8, 4) is 6.07 Å². The molecule has 2 N–H and O–H groups in total. The molecule has 0 saturated heterocycles. The van der Waals surface area contributed by atoms with E-state index in [0.29, 0.717) is 30.4 Å². The zero-order valence-corrected chi connectivity index (χ0v) is 12.4. The Morgan fingerprint density at radius 3 is 2.71 bits per heavy atom. The highest BCUT2D eigenvalue weighted by Crippen LogP contribution is 2.28. The molecule has 1 aromatic carbocycles. The van der Waals surface area contributed by atoms with Gasteiger partial charge in [-0.2, -0.15) is 5.26 Å². The van der Waals surface area contributed by atoms with Crippen molar-refractivity contribution in [2.45, 2.75) is 37.1 Å². The molecule has 7 heteroatoms. The van der Waals surface area contributed by atoms with Crippen LogP contribution in [0, 0.1) is 24.2 Å². The van der Waals surface area contributed by atoms with Crippen LogP contribution < -0.4 is 4.72 Å². The SMILES string of the molecule is Cc1cc(C#N)ccc1S(=O)(=O)NC1CCCC1C(=O)O. The maximum absolute atomic E-state index is 12.4. The van der Waals surface area contributed by atoms with Gasteiger partial charge in [-0.25, -0.2) is 13.1 Å². The zero-order chi connectivity index (χ0) is 15.6. The third-order valence-corrected chi connectivity index (χ3v) is 5.38. The number of nitrogens with one attached hydrogen (secondary N) is 1. The third-order valence-electron chi connectivity index (χ3n) is 3.73. The predicted molar refractivity (Wildman–Crippen MR) is 75.0 cm³/mol. The average Bonchev–Trinajstić information content (AvgIpc) is 2.85. The van der Waals surface area contributed by atoms with Crippen molar-refractivity contribution in [1.82, 2.24) is 4.72 Å². The van der Waals surface area contributed by atoms with Gasteiger partial charge in [0.05, 0.1) is 22.4 Å². The second-order valence-electron chi connectivity index (χ2n) is 5.20. The number of carboxylic acids is 1. The summed E-state index contributed by atoms with van der Waals surface area (Å²) in [5, 5.41) is 17.9. The Balaban J connectivity index is 2.27. The Bertz CT molecular complexity index is 706. The number of nitriles is 1. The van der Waals surface area contributed by atoms with E-state index in [4.69, 9.17) is 10.4 Å². The van der Waals surface area contributed by atoms with E-state index in [-0.39, 0.29) is 4.90 Å². The molecule has 0 bridgehead atoms. The Morgan fingerprint density at radius 1 is 1.43 bits per heavy atom. The summed E-state index contributed by atoms with van der Waals surface area (Å²) in [5.41, 5.74) is 0.849. The number of aliphatic carboxylic acids is 1. The number of benzene rings is 1. The normalized spacial score (nSPS) is 21.9. The summed E-state index contributed by atoms with van der Waals surface area (Å²) in [4.78, 5) is 11.2. The van der Waals surface area contributed by atoms with Gasteiger partial charge in [-0.1, -0.05) is 6.42 Å². The number of nitrogens with zero attached hydrogens (tertiary/aromatic N) is 1. The molecule has 0 aliphatic heterocycles. The minimum atomic E-state index is -3.79. The van der Waals surface area contributed by atoms with E-state index in [0.717, 1.165) is 0 Å². The highest BCUT2D eigenvalue weighted by Gasteiger charge is 2.36. The fourth-order valence-corrected chi connectivity index (χ4v) is 4.22. The molecule has 6 nitrogen and oxygen atoms in total. The maximum Gasteiger partial charge on any atom is 0.308 e. The molecule has 2 unspecified atom stereocenters. The minimum Gasteiger partial charge on any atom is -0.481 e. The molecule has 0 heterocycles. The van der Waals surface area contributed by atoms with Crippen LogP contribution in [0.5, 0.6) is 0 Å². The van der Waals surface area contributed by atoms with Gasteiger partial charge in [-0.05, 0) is 43.5 Å². The average molecular weight is 308 g/mol. The second kappa shape index (κ2) is 5.84. The summed E-state index contributed by atoms with van der Waals surface area (Å²) in [6, 6.07) is 5.68. The van der Waals surface area contributed by atoms with Gasteiger partial charge >= 0.3 is 5.97 Å². The molecule has 1 fully saturated rings. The fraction of sp³-hybridized carbons (Fsp3) is 0.429. The Morgan fingerprint density at radius 2 is 2.14 bits per heavy atom. The van der Waals surface area contributed by atoms with E-state index in [2.05, 4.69) is 4.72 Å². The molecule has 1 aromatic rings. The van der Waals surface area contributed by atoms with Crippen LogP contribution in [-0.4, -0.2) is 25.5 Å². The van der Waals surface area contributed by atoms with Crippen molar-refractivity contribution >= 4 is 16.0 Å². The molecule has 2 atom stereocenters. The molecule has 0 amide bonds. The van der Waals surface area contributed by atoms with Crippen molar-refractivity contribution in [2.24, 2.45) is 5.92 Å². The van der Waals surface area contributed by atoms with Crippen molar-refractivity contribution < 1.29 is 18.3 Å². The number of carbonyl (C=O) groups is 1. The molecule has 0 radical (unpaired) electrons. The summed E-state index contributed by atoms with van der Waals surface area (Å²) >= 11 is 0. The molecule has 112 valence electrons. The first-order valence-electron chi connectivity index (χ1n) is 6.61. The standard InChI is InChI=1S/C14H16N2O4S/c1-9-7-10(8-15)5-6-13(9)21(19,20)16-12-4-2-3-11(12)14(17)18/h5-7,11-12,16H,2-4H2,1H3,(H,17,18). The van der Waals surface area contributed by atoms with Crippen LogP contribution >= 0.6 is 0 Å². The molecule has 2 rings (SSSR count). The number of carboxylic acid groups (broad SMARTS) is 1. The van der Waals surface area contributed by atoms with Crippen LogP contribution in [0.3, 0.4) is 0 Å². The van der Waals surface area contributed by atoms with Crippen LogP contribution in [0.2, 0.25) is 0 Å². The topological polar surface area (TPSA) is 107 Å². The van der Waals surface area contributed by atoms with Crippen molar-refractivity contribution in [1.29, 1.82) is 5.26 Å². The molecule has 1 aliphatic carbocycles. The summed E-state index contributed by atoms with van der Waals surface area (Å²) in [6.45, 7) is 1.61. The number of hydrogen-bond acceptors (Lipinski definition) is 4. The summed E-state index contributed by atoms with van der Waals surface area (Å²) < 4.78 is 27.3. The first-order chi connectivity index (χ1) is 9.85. The van der Waals surface area contributed by atoms with Crippen molar-refractivity contribution in [3.05, 3.63) is 29.3 Å². The number of aryl methyl sites for hydroxylation is 1. The number of hydrogen-bond donors (Lipinski definition) is 2. The van der Waals surface area contributed by atoms with E-state index in [1.54, 1.807) is 6.92 Å². The molecule has 1 aliphatic rings. The van der Waals surface area contributed by atoms with Crippen molar-refractivity contribution in [2.75, 3.05) is 0 Å². The Hall–Kier alpha value is -1.91. The van der Waals surface area contributed by atoms with Crippen LogP contribution in [0.25, 0.3) is 0 Å². The van der Waals surface area contributed by atoms with Gasteiger partial charge in [0.25, 0.3) is 0 Å². The van der Waals surface area contributed by atoms with Gasteiger partial charge in [0, 0.05) is 6.04 Å². The quantitative estimate of drug-likeness (QED) is 0.874. The number of rotatable bonds is 4. The molecule has 0 spiro atoms. The molecule has 1 saturated carbocycles. The molecular formula is C14H16N2O4S. The predicted octanol–water partition coefficient (Wildman–Crippen LogP) is 1.40. The van der Waals surface area contributed by atoms with Crippen LogP contribution in [0.4, 0.5) is 0 Å². The van der Waals surface area contributed by atoms with E-state index in [9.17, 15) is 13.2 Å². The minimum absolute atomic E-state index is 0.0811. The van der Waals surface area contributed by atoms with Gasteiger partial charge in [0.2, 0.25) is 10.0 Å². The molecule has 21 heavy (non-hydrogen) atoms. The lowest BCUT2D eigenvalue weighted by Crippen LogP contribution is -2.40. The van der Waals surface area contributed by atoms with E-state index < -0.39 is 28.0 Å². The summed E-state index contributed by atoms with van der Waals surface area (Å²) in [6.07, 6.45) is 1.69. The van der Waals surface area contributed by atoms with Crippen LogP contribution in [-0.2, 0) is 14.8 Å². The van der Waals surface area contributed by atoms with Gasteiger partial charge in [0.1, 0.15) is 0 Å². The van der Waals surface area contributed by atoms with Crippen LogP contribution in [0.15, 0.2) is 23.1 Å². The van der Waals surface area contributed by atoms with E-state index in [1.807, 2.05) is 6.07 Å². The summed E-state index contributed by atoms with van der Waals surface area (Å²) in [7, 11) is -3.79. The first kappa shape index (κ1) is 15.5. The van der Waals surface area contributed by atoms with Gasteiger partial charge in [0.15, 0.2) is 0 Å². The van der Waals surface area contributed by atoms with E-state index in [1.165, 1.54) is 18.2 Å². The zero-order valence-electron chi connectivity index (χ0n) is 11.5. The van der Waals surface area contributed by atoms with Crippen LogP contribution in [0.1, 0.15) is 30.4 Å². The first-order valence-corrected chi connectivity index (χ1v) is 8.09. The lowest BCUT2D eigenvalue weighted by atomic mass is 10.1. The fourth-order valence-electron chi connectivity index (χ4n) is 2.68. The Labute approximate surface area is 123 Å². The van der Waals surface area contributed by atoms with Gasteiger partial charge in [-0.15, -0.1) is 0 Å².